The van der Waals surface area contributed by atoms with Crippen molar-refractivity contribution in [3.8, 4) is 11.1 Å². The molecule has 4 rings (SSSR count). The van der Waals surface area contributed by atoms with Gasteiger partial charge in [0.2, 0.25) is 5.91 Å². The largest absolute Gasteiger partial charge is 0.481 e. The van der Waals surface area contributed by atoms with Gasteiger partial charge in [0.05, 0.1) is 6.54 Å². The summed E-state index contributed by atoms with van der Waals surface area (Å²) in [6.07, 6.45) is -1.10. The fraction of sp³-hybridized carbons (Fsp3) is 0.276. The number of carbonyl (C=O) groups is 3. The number of rotatable bonds is 9. The lowest BCUT2D eigenvalue weighted by atomic mass is 9.98. The maximum Gasteiger partial charge on any atom is 0.410 e. The summed E-state index contributed by atoms with van der Waals surface area (Å²) >= 11 is 0. The second-order valence-corrected chi connectivity index (χ2v) is 9.14. The van der Waals surface area contributed by atoms with Crippen molar-refractivity contribution in [3.05, 3.63) is 94.5 Å². The van der Waals surface area contributed by atoms with Crippen LogP contribution in [0.2, 0.25) is 0 Å². The maximum atomic E-state index is 13.5. The van der Waals surface area contributed by atoms with Crippen LogP contribution in [-0.4, -0.2) is 40.6 Å². The minimum atomic E-state index is -1.11. The monoisotopic (exact) mass is 486 g/mol. The van der Waals surface area contributed by atoms with E-state index < -0.39 is 24.0 Å². The lowest BCUT2D eigenvalue weighted by Crippen LogP contribution is -2.48. The number of benzene rings is 3. The van der Waals surface area contributed by atoms with E-state index in [0.29, 0.717) is 0 Å². The molecular formula is C29H30N2O5. The van der Waals surface area contributed by atoms with Crippen LogP contribution in [0.4, 0.5) is 4.79 Å². The molecule has 0 unspecified atom stereocenters. The molecule has 0 aromatic heterocycles. The van der Waals surface area contributed by atoms with Gasteiger partial charge < -0.3 is 15.6 Å². The smallest absolute Gasteiger partial charge is 0.410 e. The van der Waals surface area contributed by atoms with E-state index in [1.807, 2.05) is 68.4 Å². The van der Waals surface area contributed by atoms with E-state index in [-0.39, 0.29) is 31.9 Å². The van der Waals surface area contributed by atoms with Gasteiger partial charge in [-0.15, -0.1) is 0 Å². The lowest BCUT2D eigenvalue weighted by molar-refractivity contribution is -0.137. The van der Waals surface area contributed by atoms with Gasteiger partial charge in [-0.3, -0.25) is 14.5 Å². The minimum Gasteiger partial charge on any atom is -0.481 e. The van der Waals surface area contributed by atoms with Gasteiger partial charge in [0.1, 0.15) is 12.6 Å². The fourth-order valence-corrected chi connectivity index (χ4v) is 4.86. The van der Waals surface area contributed by atoms with Gasteiger partial charge in [-0.1, -0.05) is 66.7 Å². The number of ether oxygens (including phenoxy) is 1. The highest BCUT2D eigenvalue weighted by molar-refractivity contribution is 5.85. The van der Waals surface area contributed by atoms with Crippen LogP contribution in [0.25, 0.3) is 11.1 Å². The van der Waals surface area contributed by atoms with Crippen molar-refractivity contribution in [1.29, 1.82) is 0 Å². The third-order valence-electron chi connectivity index (χ3n) is 6.96. The summed E-state index contributed by atoms with van der Waals surface area (Å²) < 4.78 is 5.81. The van der Waals surface area contributed by atoms with Crippen LogP contribution in [0, 0.1) is 13.8 Å². The second kappa shape index (κ2) is 10.6. The Balaban J connectivity index is 1.61. The summed E-state index contributed by atoms with van der Waals surface area (Å²) in [6.45, 7) is 4.07. The molecule has 0 fully saturated rings. The van der Waals surface area contributed by atoms with Crippen molar-refractivity contribution in [2.45, 2.75) is 45.2 Å². The molecule has 7 nitrogen and oxygen atoms in total. The molecule has 2 amide bonds. The average molecular weight is 487 g/mol. The zero-order valence-corrected chi connectivity index (χ0v) is 20.4. The van der Waals surface area contributed by atoms with E-state index in [1.165, 1.54) is 4.90 Å². The van der Waals surface area contributed by atoms with Crippen LogP contribution in [0.3, 0.4) is 0 Å². The van der Waals surface area contributed by atoms with Crippen LogP contribution in [-0.2, 0) is 20.9 Å². The number of carboxylic acid groups (broad SMARTS) is 1. The fourth-order valence-electron chi connectivity index (χ4n) is 4.86. The van der Waals surface area contributed by atoms with Gasteiger partial charge in [0, 0.05) is 12.3 Å². The first-order chi connectivity index (χ1) is 17.3. The molecule has 0 saturated heterocycles. The number of primary amides is 1. The molecule has 36 heavy (non-hydrogen) atoms. The van der Waals surface area contributed by atoms with Crippen molar-refractivity contribution in [2.24, 2.45) is 5.73 Å². The Labute approximate surface area is 210 Å². The van der Waals surface area contributed by atoms with Crippen molar-refractivity contribution >= 4 is 18.0 Å². The molecule has 3 aromatic rings. The third-order valence-corrected chi connectivity index (χ3v) is 6.96. The van der Waals surface area contributed by atoms with Crippen molar-refractivity contribution in [2.75, 3.05) is 6.61 Å². The molecule has 0 radical (unpaired) electrons. The quantitative estimate of drug-likeness (QED) is 0.453. The first kappa shape index (κ1) is 25.0. The molecule has 1 aliphatic carbocycles. The number of nitrogens with zero attached hydrogens (tertiary/aromatic N) is 1. The van der Waals surface area contributed by atoms with E-state index in [1.54, 1.807) is 0 Å². The Morgan fingerprint density at radius 2 is 1.56 bits per heavy atom. The molecule has 0 spiro atoms. The summed E-state index contributed by atoms with van der Waals surface area (Å²) in [4.78, 5) is 38.3. The van der Waals surface area contributed by atoms with Crippen LogP contribution < -0.4 is 5.73 Å². The Kier molecular flexibility index (Phi) is 7.38. The molecule has 1 aliphatic rings. The number of carbonyl (C=O) groups excluding carboxylic acids is 2. The van der Waals surface area contributed by atoms with E-state index in [2.05, 4.69) is 12.1 Å². The van der Waals surface area contributed by atoms with E-state index in [9.17, 15) is 19.5 Å². The summed E-state index contributed by atoms with van der Waals surface area (Å²) in [6, 6.07) is 20.7. The number of aryl methyl sites for hydroxylation is 1. The van der Waals surface area contributed by atoms with E-state index in [0.717, 1.165) is 38.9 Å². The van der Waals surface area contributed by atoms with E-state index in [4.69, 9.17) is 10.5 Å². The maximum absolute atomic E-state index is 13.5. The predicted molar refractivity (Wildman–Crippen MR) is 136 cm³/mol. The summed E-state index contributed by atoms with van der Waals surface area (Å²) in [5, 5.41) is 9.18. The number of hydrogen-bond acceptors (Lipinski definition) is 4. The molecule has 7 heteroatoms. The van der Waals surface area contributed by atoms with E-state index >= 15 is 0 Å². The Morgan fingerprint density at radius 3 is 2.14 bits per heavy atom. The third kappa shape index (κ3) is 5.10. The zero-order valence-electron chi connectivity index (χ0n) is 20.4. The Bertz CT molecular complexity index is 1260. The molecular weight excluding hydrogens is 456 g/mol. The number of amides is 2. The number of fused-ring (bicyclic) bond motifs is 3. The standard InChI is InChI=1S/C29H30N2O5/c1-18-8-7-9-20(19(18)2)16-31(26(28(30)34)14-15-27(32)33)29(35)36-17-25-23-12-5-3-10-21(23)22-11-4-6-13-24(22)25/h3-13,25-26H,14-17H2,1-2H3,(H2,30,34)(H,32,33)/t26-/m0/s1. The average Bonchev–Trinajstić information content (AvgIpc) is 3.18. The number of carboxylic acids is 1. The SMILES string of the molecule is Cc1cccc(CN(C(=O)OCC2c3ccccc3-c3ccccc32)[C@@H](CCC(=O)O)C(N)=O)c1C. The Morgan fingerprint density at radius 1 is 0.944 bits per heavy atom. The highest BCUT2D eigenvalue weighted by Gasteiger charge is 2.33. The number of aliphatic carboxylic acids is 1. The van der Waals surface area contributed by atoms with Crippen molar-refractivity contribution in [1.82, 2.24) is 4.90 Å². The summed E-state index contributed by atoms with van der Waals surface area (Å²) in [5.41, 5.74) is 12.9. The Hall–Kier alpha value is -4.13. The van der Waals surface area contributed by atoms with Crippen molar-refractivity contribution < 1.29 is 24.2 Å². The summed E-state index contributed by atoms with van der Waals surface area (Å²) in [5.74, 6) is -1.98. The summed E-state index contributed by atoms with van der Waals surface area (Å²) in [7, 11) is 0. The van der Waals surface area contributed by atoms with Crippen LogP contribution in [0.1, 0.15) is 46.6 Å². The minimum absolute atomic E-state index is 0.0808. The van der Waals surface area contributed by atoms with Gasteiger partial charge in [-0.25, -0.2) is 4.79 Å². The normalized spacial score (nSPS) is 12.9. The first-order valence-corrected chi connectivity index (χ1v) is 12.0. The predicted octanol–water partition coefficient (Wildman–Crippen LogP) is 4.77. The second-order valence-electron chi connectivity index (χ2n) is 9.14. The molecule has 186 valence electrons. The van der Waals surface area contributed by atoms with Gasteiger partial charge in [-0.05, 0) is 59.2 Å². The molecule has 1 atom stereocenters. The molecule has 0 heterocycles. The van der Waals surface area contributed by atoms with Gasteiger partial charge >= 0.3 is 12.1 Å². The van der Waals surface area contributed by atoms with Crippen LogP contribution in [0.15, 0.2) is 66.7 Å². The highest BCUT2D eigenvalue weighted by Crippen LogP contribution is 2.44. The van der Waals surface area contributed by atoms with Crippen LogP contribution in [0.5, 0.6) is 0 Å². The zero-order chi connectivity index (χ0) is 25.8. The number of hydrogen-bond donors (Lipinski definition) is 2. The first-order valence-electron chi connectivity index (χ1n) is 12.0. The van der Waals surface area contributed by atoms with Gasteiger partial charge in [0.15, 0.2) is 0 Å². The highest BCUT2D eigenvalue weighted by atomic mass is 16.6. The van der Waals surface area contributed by atoms with Gasteiger partial charge in [-0.2, -0.15) is 0 Å². The molecule has 0 saturated carbocycles. The topological polar surface area (TPSA) is 110 Å². The van der Waals surface area contributed by atoms with Crippen LogP contribution >= 0.6 is 0 Å². The molecule has 3 N–H and O–H groups in total. The lowest BCUT2D eigenvalue weighted by Gasteiger charge is -2.30. The molecule has 3 aromatic carbocycles. The number of nitrogens with two attached hydrogens (primary N) is 1. The van der Waals surface area contributed by atoms with Crippen molar-refractivity contribution in [3.63, 3.8) is 0 Å². The molecule has 0 bridgehead atoms. The molecule has 0 aliphatic heterocycles. The van der Waals surface area contributed by atoms with Gasteiger partial charge in [0.25, 0.3) is 0 Å².